The first-order valence-electron chi connectivity index (χ1n) is 6.59. The Balaban J connectivity index is 1.72. The van der Waals surface area contributed by atoms with Gasteiger partial charge in [-0.05, 0) is 59.0 Å². The van der Waals surface area contributed by atoms with Crippen LogP contribution in [0.25, 0.3) is 5.69 Å². The van der Waals surface area contributed by atoms with Gasteiger partial charge in [0.15, 0.2) is 5.78 Å². The first-order valence-corrected chi connectivity index (χ1v) is 8.37. The molecule has 0 atom stereocenters. The molecule has 0 radical (unpaired) electrons. The first-order chi connectivity index (χ1) is 11.1. The Morgan fingerprint density at radius 3 is 2.52 bits per heavy atom. The number of aromatic nitrogens is 4. The molecule has 116 valence electrons. The van der Waals surface area contributed by atoms with Gasteiger partial charge in [-0.1, -0.05) is 27.7 Å². The Labute approximate surface area is 144 Å². The summed E-state index contributed by atoms with van der Waals surface area (Å²) in [5.74, 6) is -0.309. The summed E-state index contributed by atoms with van der Waals surface area (Å²) in [6, 6.07) is 13.0. The Morgan fingerprint density at radius 1 is 1.13 bits per heavy atom. The normalized spacial score (nSPS) is 10.7. The zero-order valence-corrected chi connectivity index (χ0v) is 14.1. The highest BCUT2D eigenvalue weighted by Gasteiger charge is 2.13. The minimum Gasteiger partial charge on any atom is -0.293 e. The number of hydrogen-bond acceptors (Lipinski definition) is 5. The third-order valence-electron chi connectivity index (χ3n) is 3.01. The number of nitrogens with zero attached hydrogens (tertiary/aromatic N) is 4. The molecule has 23 heavy (non-hydrogen) atoms. The highest BCUT2D eigenvalue weighted by Crippen LogP contribution is 2.21. The molecule has 0 aliphatic carbocycles. The van der Waals surface area contributed by atoms with Gasteiger partial charge in [0.05, 0.1) is 11.4 Å². The van der Waals surface area contributed by atoms with Crippen molar-refractivity contribution in [2.75, 3.05) is 5.75 Å². The van der Waals surface area contributed by atoms with Crippen LogP contribution in [0.2, 0.25) is 0 Å². The largest absolute Gasteiger partial charge is 0.293 e. The fourth-order valence-electron chi connectivity index (χ4n) is 1.86. The third kappa shape index (κ3) is 3.83. The second-order valence-corrected chi connectivity index (χ2v) is 6.43. The van der Waals surface area contributed by atoms with Crippen LogP contribution < -0.4 is 0 Å². The number of ketones is 1. The van der Waals surface area contributed by atoms with Gasteiger partial charge in [0.2, 0.25) is 5.16 Å². The van der Waals surface area contributed by atoms with Crippen LogP contribution in [0.15, 0.2) is 58.2 Å². The van der Waals surface area contributed by atoms with Crippen molar-refractivity contribution in [1.82, 2.24) is 20.2 Å². The standard InChI is InChI=1S/C15H10BrFN4OS/c16-11-3-7-13(8-4-11)21-15(18-19-20-21)23-9-14(22)10-1-5-12(17)6-2-10/h1-8H,9H2. The number of carbonyl (C=O) groups excluding carboxylic acids is 1. The summed E-state index contributed by atoms with van der Waals surface area (Å²) >= 11 is 4.60. The van der Waals surface area contributed by atoms with E-state index in [0.29, 0.717) is 10.7 Å². The van der Waals surface area contributed by atoms with Crippen molar-refractivity contribution in [3.8, 4) is 5.69 Å². The number of tetrazole rings is 1. The summed E-state index contributed by atoms with van der Waals surface area (Å²) < 4.78 is 15.4. The van der Waals surface area contributed by atoms with Crippen molar-refractivity contribution in [2.24, 2.45) is 0 Å². The quantitative estimate of drug-likeness (QED) is 0.490. The predicted octanol–water partition coefficient (Wildman–Crippen LogP) is 3.54. The van der Waals surface area contributed by atoms with Crippen molar-refractivity contribution in [3.63, 3.8) is 0 Å². The number of Topliss-reactive ketones (excluding diaryl/α,β-unsaturated/α-hetero) is 1. The molecule has 1 aromatic heterocycles. The fraction of sp³-hybridized carbons (Fsp3) is 0.0667. The molecule has 0 fully saturated rings. The van der Waals surface area contributed by atoms with E-state index in [1.54, 1.807) is 4.68 Å². The molecule has 0 spiro atoms. The average molecular weight is 393 g/mol. The Morgan fingerprint density at radius 2 is 1.83 bits per heavy atom. The molecule has 3 rings (SSSR count). The maximum absolute atomic E-state index is 12.9. The molecule has 3 aromatic rings. The molecule has 0 saturated heterocycles. The fourth-order valence-corrected chi connectivity index (χ4v) is 2.91. The van der Waals surface area contributed by atoms with Gasteiger partial charge in [0.25, 0.3) is 0 Å². The number of halogens is 2. The van der Waals surface area contributed by atoms with E-state index in [0.717, 1.165) is 10.2 Å². The molecule has 0 saturated carbocycles. The van der Waals surface area contributed by atoms with Gasteiger partial charge in [-0.3, -0.25) is 4.79 Å². The van der Waals surface area contributed by atoms with Crippen LogP contribution in [0.1, 0.15) is 10.4 Å². The molecular formula is C15H10BrFN4OS. The maximum atomic E-state index is 12.9. The van der Waals surface area contributed by atoms with Gasteiger partial charge in [-0.2, -0.15) is 4.68 Å². The van der Waals surface area contributed by atoms with Crippen LogP contribution in [0.4, 0.5) is 4.39 Å². The van der Waals surface area contributed by atoms with E-state index in [2.05, 4.69) is 31.5 Å². The van der Waals surface area contributed by atoms with E-state index >= 15 is 0 Å². The van der Waals surface area contributed by atoms with E-state index in [1.165, 1.54) is 36.0 Å². The first kappa shape index (κ1) is 15.8. The van der Waals surface area contributed by atoms with Gasteiger partial charge in [-0.25, -0.2) is 4.39 Å². The number of carbonyl (C=O) groups is 1. The SMILES string of the molecule is O=C(CSc1nnnn1-c1ccc(Br)cc1)c1ccc(F)cc1. The van der Waals surface area contributed by atoms with Crippen LogP contribution in [-0.4, -0.2) is 31.7 Å². The van der Waals surface area contributed by atoms with Crippen molar-refractivity contribution < 1.29 is 9.18 Å². The summed E-state index contributed by atoms with van der Waals surface area (Å²) in [4.78, 5) is 12.1. The summed E-state index contributed by atoms with van der Waals surface area (Å²) in [5.41, 5.74) is 1.26. The molecular weight excluding hydrogens is 383 g/mol. The van der Waals surface area contributed by atoms with Gasteiger partial charge in [0, 0.05) is 10.0 Å². The highest BCUT2D eigenvalue weighted by atomic mass is 79.9. The summed E-state index contributed by atoms with van der Waals surface area (Å²) in [6.07, 6.45) is 0. The number of thioether (sulfide) groups is 1. The van der Waals surface area contributed by atoms with Crippen LogP contribution in [-0.2, 0) is 0 Å². The van der Waals surface area contributed by atoms with E-state index < -0.39 is 0 Å². The molecule has 8 heteroatoms. The second-order valence-electron chi connectivity index (χ2n) is 4.57. The minimum atomic E-state index is -0.367. The van der Waals surface area contributed by atoms with Gasteiger partial charge in [0.1, 0.15) is 5.82 Å². The minimum absolute atomic E-state index is 0.111. The van der Waals surface area contributed by atoms with Crippen LogP contribution in [0.3, 0.4) is 0 Å². The highest BCUT2D eigenvalue weighted by molar-refractivity contribution is 9.10. The lowest BCUT2D eigenvalue weighted by Crippen LogP contribution is -2.05. The second kappa shape index (κ2) is 7.01. The van der Waals surface area contributed by atoms with E-state index in [9.17, 15) is 9.18 Å². The number of hydrogen-bond donors (Lipinski definition) is 0. The Hall–Kier alpha value is -2.06. The van der Waals surface area contributed by atoms with Crippen LogP contribution in [0, 0.1) is 5.82 Å². The van der Waals surface area contributed by atoms with E-state index in [1.807, 2.05) is 24.3 Å². The third-order valence-corrected chi connectivity index (χ3v) is 4.46. The predicted molar refractivity (Wildman–Crippen MR) is 88.3 cm³/mol. The lowest BCUT2D eigenvalue weighted by atomic mass is 10.1. The van der Waals surface area contributed by atoms with Crippen molar-refractivity contribution in [3.05, 3.63) is 64.4 Å². The molecule has 0 aliphatic rings. The average Bonchev–Trinajstić information content (AvgIpc) is 3.02. The van der Waals surface area contributed by atoms with Gasteiger partial charge >= 0.3 is 0 Å². The van der Waals surface area contributed by atoms with E-state index in [4.69, 9.17) is 0 Å². The molecule has 5 nitrogen and oxygen atoms in total. The zero-order chi connectivity index (χ0) is 16.2. The zero-order valence-electron chi connectivity index (χ0n) is 11.7. The lowest BCUT2D eigenvalue weighted by Gasteiger charge is -2.04. The lowest BCUT2D eigenvalue weighted by molar-refractivity contribution is 0.102. The Kier molecular flexibility index (Phi) is 4.82. The van der Waals surface area contributed by atoms with Crippen molar-refractivity contribution >= 4 is 33.5 Å². The Bertz CT molecular complexity index is 820. The van der Waals surface area contributed by atoms with Crippen LogP contribution in [0.5, 0.6) is 0 Å². The van der Waals surface area contributed by atoms with Crippen LogP contribution >= 0.6 is 27.7 Å². The molecule has 0 amide bonds. The topological polar surface area (TPSA) is 60.7 Å². The number of rotatable bonds is 5. The van der Waals surface area contributed by atoms with E-state index in [-0.39, 0.29) is 17.4 Å². The monoisotopic (exact) mass is 392 g/mol. The molecule has 0 N–H and O–H groups in total. The van der Waals surface area contributed by atoms with Gasteiger partial charge < -0.3 is 0 Å². The molecule has 0 bridgehead atoms. The van der Waals surface area contributed by atoms with Crippen molar-refractivity contribution in [1.29, 1.82) is 0 Å². The molecule has 0 aliphatic heterocycles. The maximum Gasteiger partial charge on any atom is 0.214 e. The number of benzene rings is 2. The summed E-state index contributed by atoms with van der Waals surface area (Å²) in [5, 5.41) is 12.0. The summed E-state index contributed by atoms with van der Waals surface area (Å²) in [6.45, 7) is 0. The van der Waals surface area contributed by atoms with Crippen molar-refractivity contribution in [2.45, 2.75) is 5.16 Å². The smallest absolute Gasteiger partial charge is 0.214 e. The molecule has 1 heterocycles. The molecule has 0 unspecified atom stereocenters. The summed E-state index contributed by atoms with van der Waals surface area (Å²) in [7, 11) is 0. The van der Waals surface area contributed by atoms with Gasteiger partial charge in [-0.15, -0.1) is 5.10 Å². The molecule has 2 aromatic carbocycles.